The Morgan fingerprint density at radius 2 is 1.62 bits per heavy atom. The quantitative estimate of drug-likeness (QED) is 0.773. The highest BCUT2D eigenvalue weighted by atomic mass is 16.5. The predicted molar refractivity (Wildman–Crippen MR) is 64.5 cm³/mol. The molecule has 0 aliphatic heterocycles. The number of methoxy groups -OCH3 is 1. The maximum atomic E-state index is 10.6. The average molecular weight is 218 g/mol. The molecule has 16 heavy (non-hydrogen) atoms. The Hall–Kier alpha value is -1.28. The number of ether oxygens (including phenoxy) is 1. The van der Waals surface area contributed by atoms with Gasteiger partial charge in [0.2, 0.25) is 0 Å². The lowest BCUT2D eigenvalue weighted by atomic mass is 9.86. The van der Waals surface area contributed by atoms with E-state index in [0.717, 1.165) is 37.0 Å². The summed E-state index contributed by atoms with van der Waals surface area (Å²) in [5, 5.41) is 10.6. The number of hydrogen-bond acceptors (Lipinski definition) is 2. The van der Waals surface area contributed by atoms with Crippen molar-refractivity contribution in [3.8, 4) is 5.75 Å². The number of hydrogen-bond donors (Lipinski definition) is 1. The summed E-state index contributed by atoms with van der Waals surface area (Å²) in [6.07, 6.45) is 7.81. The molecule has 0 fully saturated rings. The Morgan fingerprint density at radius 3 is 2.12 bits per heavy atom. The van der Waals surface area contributed by atoms with E-state index in [4.69, 9.17) is 4.74 Å². The first-order valence-electron chi connectivity index (χ1n) is 5.76. The summed E-state index contributed by atoms with van der Waals surface area (Å²) in [5.74, 6) is 0.832. The molecule has 86 valence electrons. The second-order valence-corrected chi connectivity index (χ2v) is 4.31. The molecule has 1 aromatic rings. The normalized spacial score (nSPS) is 19.1. The minimum Gasteiger partial charge on any atom is -0.497 e. The minimum absolute atomic E-state index is 0.671. The lowest BCUT2D eigenvalue weighted by Gasteiger charge is -2.27. The van der Waals surface area contributed by atoms with Crippen molar-refractivity contribution in [2.24, 2.45) is 0 Å². The summed E-state index contributed by atoms with van der Waals surface area (Å²) in [5.41, 5.74) is 0.326. The van der Waals surface area contributed by atoms with Crippen LogP contribution >= 0.6 is 0 Å². The van der Waals surface area contributed by atoms with Gasteiger partial charge in [-0.05, 0) is 43.4 Å². The Bertz CT molecular complexity index is 355. The van der Waals surface area contributed by atoms with Crippen molar-refractivity contribution in [3.05, 3.63) is 42.0 Å². The monoisotopic (exact) mass is 218 g/mol. The molecule has 2 rings (SSSR count). The van der Waals surface area contributed by atoms with Crippen LogP contribution in [0.3, 0.4) is 0 Å². The summed E-state index contributed by atoms with van der Waals surface area (Å²) < 4.78 is 5.12. The molecular weight excluding hydrogens is 200 g/mol. The average Bonchev–Trinajstić information content (AvgIpc) is 2.55. The molecule has 0 atom stereocenters. The van der Waals surface area contributed by atoms with Gasteiger partial charge in [-0.25, -0.2) is 0 Å². The van der Waals surface area contributed by atoms with Crippen molar-refractivity contribution in [2.75, 3.05) is 7.11 Å². The third kappa shape index (κ3) is 2.27. The van der Waals surface area contributed by atoms with Gasteiger partial charge in [-0.15, -0.1) is 0 Å². The highest BCUT2D eigenvalue weighted by molar-refractivity contribution is 5.31. The fraction of sp³-hybridized carbons (Fsp3) is 0.429. The zero-order chi connectivity index (χ0) is 11.4. The van der Waals surface area contributed by atoms with E-state index in [-0.39, 0.29) is 0 Å². The SMILES string of the molecule is COc1ccc(C2(O)CCC=CCC2)cc1. The summed E-state index contributed by atoms with van der Waals surface area (Å²) in [6.45, 7) is 0. The largest absolute Gasteiger partial charge is 0.497 e. The Kier molecular flexibility index (Phi) is 3.30. The van der Waals surface area contributed by atoms with Gasteiger partial charge in [0, 0.05) is 0 Å². The first kappa shape index (κ1) is 11.2. The van der Waals surface area contributed by atoms with Crippen LogP contribution in [-0.4, -0.2) is 12.2 Å². The Balaban J connectivity index is 2.20. The van der Waals surface area contributed by atoms with Crippen LogP contribution in [0.4, 0.5) is 0 Å². The molecule has 1 aliphatic carbocycles. The molecule has 0 amide bonds. The van der Waals surface area contributed by atoms with Crippen molar-refractivity contribution >= 4 is 0 Å². The van der Waals surface area contributed by atoms with E-state index in [0.29, 0.717) is 0 Å². The molecule has 2 nitrogen and oxygen atoms in total. The van der Waals surface area contributed by atoms with E-state index < -0.39 is 5.60 Å². The Labute approximate surface area is 96.6 Å². The summed E-state index contributed by atoms with van der Waals surface area (Å²) in [7, 11) is 1.65. The lowest BCUT2D eigenvalue weighted by molar-refractivity contribution is 0.0221. The highest BCUT2D eigenvalue weighted by Crippen LogP contribution is 2.34. The van der Waals surface area contributed by atoms with E-state index in [1.807, 2.05) is 24.3 Å². The number of benzene rings is 1. The maximum absolute atomic E-state index is 10.6. The van der Waals surface area contributed by atoms with Crippen molar-refractivity contribution in [1.82, 2.24) is 0 Å². The zero-order valence-electron chi connectivity index (χ0n) is 9.65. The molecule has 1 aromatic carbocycles. The zero-order valence-corrected chi connectivity index (χ0v) is 9.65. The van der Waals surface area contributed by atoms with Gasteiger partial charge in [0.15, 0.2) is 0 Å². The van der Waals surface area contributed by atoms with Crippen molar-refractivity contribution < 1.29 is 9.84 Å². The second-order valence-electron chi connectivity index (χ2n) is 4.31. The molecule has 0 saturated carbocycles. The van der Waals surface area contributed by atoms with Gasteiger partial charge in [-0.3, -0.25) is 0 Å². The molecule has 0 unspecified atom stereocenters. The molecule has 1 N–H and O–H groups in total. The second kappa shape index (κ2) is 4.71. The van der Waals surface area contributed by atoms with Crippen LogP contribution in [0.5, 0.6) is 5.75 Å². The molecule has 1 aliphatic rings. The fourth-order valence-electron chi connectivity index (χ4n) is 2.19. The number of rotatable bonds is 2. The van der Waals surface area contributed by atoms with Gasteiger partial charge in [0.25, 0.3) is 0 Å². The summed E-state index contributed by atoms with van der Waals surface area (Å²) >= 11 is 0. The molecular formula is C14H18O2. The molecule has 0 spiro atoms. The topological polar surface area (TPSA) is 29.5 Å². The van der Waals surface area contributed by atoms with E-state index in [2.05, 4.69) is 12.2 Å². The first-order valence-corrected chi connectivity index (χ1v) is 5.76. The van der Waals surface area contributed by atoms with Crippen molar-refractivity contribution in [3.63, 3.8) is 0 Å². The van der Waals surface area contributed by atoms with Crippen LogP contribution in [0.1, 0.15) is 31.2 Å². The van der Waals surface area contributed by atoms with Crippen LogP contribution in [0.2, 0.25) is 0 Å². The molecule has 0 saturated heterocycles. The smallest absolute Gasteiger partial charge is 0.118 e. The van der Waals surface area contributed by atoms with Gasteiger partial charge in [-0.2, -0.15) is 0 Å². The van der Waals surface area contributed by atoms with Crippen LogP contribution in [0, 0.1) is 0 Å². The van der Waals surface area contributed by atoms with Gasteiger partial charge in [0.05, 0.1) is 12.7 Å². The lowest BCUT2D eigenvalue weighted by Crippen LogP contribution is -2.24. The standard InChI is InChI=1S/C14H18O2/c1-16-13-8-6-12(7-9-13)14(15)10-4-2-3-5-11-14/h2-3,6-9,15H,4-5,10-11H2,1H3. The third-order valence-electron chi connectivity index (χ3n) is 3.24. The van der Waals surface area contributed by atoms with E-state index in [1.54, 1.807) is 7.11 Å². The molecule has 0 heterocycles. The molecule has 0 bridgehead atoms. The first-order chi connectivity index (χ1) is 7.74. The van der Waals surface area contributed by atoms with Gasteiger partial charge < -0.3 is 9.84 Å². The Morgan fingerprint density at radius 1 is 1.06 bits per heavy atom. The maximum Gasteiger partial charge on any atom is 0.118 e. The predicted octanol–water partition coefficient (Wildman–Crippen LogP) is 3.01. The van der Waals surface area contributed by atoms with Gasteiger partial charge in [0.1, 0.15) is 5.75 Å². The van der Waals surface area contributed by atoms with Crippen LogP contribution < -0.4 is 4.74 Å². The fourth-order valence-corrected chi connectivity index (χ4v) is 2.19. The highest BCUT2D eigenvalue weighted by Gasteiger charge is 2.28. The van der Waals surface area contributed by atoms with Crippen LogP contribution in [-0.2, 0) is 5.60 Å². The van der Waals surface area contributed by atoms with E-state index >= 15 is 0 Å². The van der Waals surface area contributed by atoms with Crippen LogP contribution in [0.15, 0.2) is 36.4 Å². The van der Waals surface area contributed by atoms with Gasteiger partial charge >= 0.3 is 0 Å². The number of aliphatic hydroxyl groups is 1. The van der Waals surface area contributed by atoms with E-state index in [1.165, 1.54) is 0 Å². The molecule has 0 radical (unpaired) electrons. The number of allylic oxidation sites excluding steroid dienone is 2. The molecule has 0 aromatic heterocycles. The summed E-state index contributed by atoms with van der Waals surface area (Å²) in [6, 6.07) is 7.74. The molecule has 2 heteroatoms. The minimum atomic E-state index is -0.671. The van der Waals surface area contributed by atoms with Crippen molar-refractivity contribution in [1.29, 1.82) is 0 Å². The van der Waals surface area contributed by atoms with Crippen LogP contribution in [0.25, 0.3) is 0 Å². The summed E-state index contributed by atoms with van der Waals surface area (Å²) in [4.78, 5) is 0. The van der Waals surface area contributed by atoms with E-state index in [9.17, 15) is 5.11 Å². The van der Waals surface area contributed by atoms with Crippen molar-refractivity contribution in [2.45, 2.75) is 31.3 Å². The third-order valence-corrected chi connectivity index (χ3v) is 3.24. The van der Waals surface area contributed by atoms with Gasteiger partial charge in [-0.1, -0.05) is 24.3 Å².